The molecule has 0 fully saturated rings. The SMILES string of the molecule is COC(C)CN(CCCCc1ccc2c(n1)NCCC2)CCC(NC(=O)N(C)C(C)(C)C)C(=O)O. The van der Waals surface area contributed by atoms with E-state index in [1.165, 1.54) is 10.5 Å². The molecule has 9 nitrogen and oxygen atoms in total. The van der Waals surface area contributed by atoms with E-state index in [-0.39, 0.29) is 12.1 Å². The fourth-order valence-corrected chi connectivity index (χ4v) is 4.00. The van der Waals surface area contributed by atoms with Gasteiger partial charge in [0, 0.05) is 45.0 Å². The number of ether oxygens (including phenoxy) is 1. The molecular formula is C26H45N5O4. The number of anilines is 1. The molecule has 0 saturated carbocycles. The molecule has 0 aliphatic carbocycles. The zero-order chi connectivity index (χ0) is 26.0. The normalized spacial score (nSPS) is 15.2. The van der Waals surface area contributed by atoms with E-state index in [1.807, 2.05) is 27.7 Å². The number of unbranched alkanes of at least 4 members (excludes halogenated alkanes) is 1. The number of carbonyl (C=O) groups excluding carboxylic acids is 1. The van der Waals surface area contributed by atoms with Gasteiger partial charge in [-0.3, -0.25) is 0 Å². The zero-order valence-corrected chi connectivity index (χ0v) is 22.4. The van der Waals surface area contributed by atoms with Crippen LogP contribution in [-0.4, -0.2) is 89.9 Å². The predicted molar refractivity (Wildman–Crippen MR) is 139 cm³/mol. The number of hydrogen-bond donors (Lipinski definition) is 3. The van der Waals surface area contributed by atoms with Crippen molar-refractivity contribution in [2.24, 2.45) is 0 Å². The van der Waals surface area contributed by atoms with Crippen molar-refractivity contribution in [1.82, 2.24) is 20.1 Å². The van der Waals surface area contributed by atoms with E-state index in [2.05, 4.69) is 27.7 Å². The number of urea groups is 1. The molecule has 2 amide bonds. The van der Waals surface area contributed by atoms with Crippen molar-refractivity contribution in [2.45, 2.75) is 83.9 Å². The van der Waals surface area contributed by atoms with Gasteiger partial charge >= 0.3 is 12.0 Å². The maximum atomic E-state index is 12.5. The summed E-state index contributed by atoms with van der Waals surface area (Å²) in [4.78, 5) is 32.9. The van der Waals surface area contributed by atoms with Crippen LogP contribution in [0.5, 0.6) is 0 Å². The Morgan fingerprint density at radius 2 is 2.00 bits per heavy atom. The second kappa shape index (κ2) is 13.6. The molecule has 0 spiro atoms. The summed E-state index contributed by atoms with van der Waals surface area (Å²) in [5, 5.41) is 15.7. The van der Waals surface area contributed by atoms with E-state index in [1.54, 1.807) is 14.2 Å². The summed E-state index contributed by atoms with van der Waals surface area (Å²) in [7, 11) is 3.36. The summed E-state index contributed by atoms with van der Waals surface area (Å²) < 4.78 is 5.45. The van der Waals surface area contributed by atoms with E-state index in [4.69, 9.17) is 9.72 Å². The van der Waals surface area contributed by atoms with Gasteiger partial charge in [-0.1, -0.05) is 6.07 Å². The van der Waals surface area contributed by atoms with Crippen molar-refractivity contribution < 1.29 is 19.4 Å². The number of carbonyl (C=O) groups is 2. The van der Waals surface area contributed by atoms with Crippen LogP contribution < -0.4 is 10.6 Å². The number of fused-ring (bicyclic) bond motifs is 1. The smallest absolute Gasteiger partial charge is 0.326 e. The van der Waals surface area contributed by atoms with Gasteiger partial charge in [0.05, 0.1) is 6.10 Å². The molecule has 2 unspecified atom stereocenters. The van der Waals surface area contributed by atoms with Crippen molar-refractivity contribution in [1.29, 1.82) is 0 Å². The number of nitrogens with zero attached hydrogens (tertiary/aromatic N) is 3. The van der Waals surface area contributed by atoms with Crippen molar-refractivity contribution in [2.75, 3.05) is 45.7 Å². The van der Waals surface area contributed by atoms with Crippen LogP contribution >= 0.6 is 0 Å². The van der Waals surface area contributed by atoms with Crippen LogP contribution in [0.2, 0.25) is 0 Å². The molecule has 9 heteroatoms. The molecule has 3 N–H and O–H groups in total. The van der Waals surface area contributed by atoms with Gasteiger partial charge in [-0.2, -0.15) is 0 Å². The highest BCUT2D eigenvalue weighted by Crippen LogP contribution is 2.20. The van der Waals surface area contributed by atoms with E-state index >= 15 is 0 Å². The number of methoxy groups -OCH3 is 1. The Kier molecular flexibility index (Phi) is 11.2. The van der Waals surface area contributed by atoms with Gasteiger partial charge in [-0.05, 0) is 84.4 Å². The number of hydrogen-bond acceptors (Lipinski definition) is 6. The first-order valence-electron chi connectivity index (χ1n) is 12.8. The Morgan fingerprint density at radius 1 is 1.26 bits per heavy atom. The first-order chi connectivity index (χ1) is 16.5. The average Bonchev–Trinajstić information content (AvgIpc) is 2.82. The first-order valence-corrected chi connectivity index (χ1v) is 12.8. The standard InChI is InChI=1S/C26H45N5O4/c1-19(35-6)18-31(17-14-22(24(32)33)29-25(34)30(5)26(2,3)4)16-8-7-11-21-13-12-20-10-9-15-27-23(20)28-21/h12-13,19,22H,7-11,14-18H2,1-6H3,(H,27,28)(H,29,34)(H,32,33). The van der Waals surface area contributed by atoms with E-state index in [9.17, 15) is 14.7 Å². The second-order valence-corrected chi connectivity index (χ2v) is 10.5. The number of carboxylic acid groups (broad SMARTS) is 1. The highest BCUT2D eigenvalue weighted by atomic mass is 16.5. The molecule has 1 aliphatic heterocycles. The summed E-state index contributed by atoms with van der Waals surface area (Å²) in [5.41, 5.74) is 2.01. The molecule has 1 aromatic heterocycles. The molecule has 0 radical (unpaired) electrons. The van der Waals surface area contributed by atoms with Gasteiger partial charge in [-0.25, -0.2) is 14.6 Å². The fourth-order valence-electron chi connectivity index (χ4n) is 4.00. The molecule has 0 bridgehead atoms. The average molecular weight is 492 g/mol. The Balaban J connectivity index is 1.87. The van der Waals surface area contributed by atoms with Crippen LogP contribution in [0.3, 0.4) is 0 Å². The Morgan fingerprint density at radius 3 is 2.66 bits per heavy atom. The highest BCUT2D eigenvalue weighted by Gasteiger charge is 2.27. The third-order valence-corrected chi connectivity index (χ3v) is 6.67. The van der Waals surface area contributed by atoms with Gasteiger partial charge in [0.2, 0.25) is 0 Å². The minimum absolute atomic E-state index is 0.0354. The minimum atomic E-state index is -1.02. The molecule has 1 aromatic rings. The maximum absolute atomic E-state index is 12.5. The number of aliphatic carboxylic acids is 1. The lowest BCUT2D eigenvalue weighted by Crippen LogP contribution is -2.53. The van der Waals surface area contributed by atoms with Crippen LogP contribution in [0.1, 0.15) is 64.6 Å². The van der Waals surface area contributed by atoms with Gasteiger partial charge in [0.25, 0.3) is 0 Å². The van der Waals surface area contributed by atoms with Crippen molar-refractivity contribution in [3.05, 3.63) is 23.4 Å². The van der Waals surface area contributed by atoms with Crippen LogP contribution in [0, 0.1) is 0 Å². The van der Waals surface area contributed by atoms with E-state index < -0.39 is 17.6 Å². The fraction of sp³-hybridized carbons (Fsp3) is 0.731. The number of aryl methyl sites for hydroxylation is 2. The van der Waals surface area contributed by atoms with E-state index in [0.29, 0.717) is 19.5 Å². The summed E-state index contributed by atoms with van der Waals surface area (Å²) in [6.07, 6.45) is 5.49. The lowest BCUT2D eigenvalue weighted by atomic mass is 10.1. The van der Waals surface area contributed by atoms with Crippen molar-refractivity contribution in [3.8, 4) is 0 Å². The second-order valence-electron chi connectivity index (χ2n) is 10.5. The third kappa shape index (κ3) is 9.64. The number of carboxylic acids is 1. The number of pyridine rings is 1. The lowest BCUT2D eigenvalue weighted by molar-refractivity contribution is -0.139. The van der Waals surface area contributed by atoms with Gasteiger partial charge < -0.3 is 30.3 Å². The third-order valence-electron chi connectivity index (χ3n) is 6.67. The predicted octanol–water partition coefficient (Wildman–Crippen LogP) is 3.38. The summed E-state index contributed by atoms with van der Waals surface area (Å²) >= 11 is 0. The van der Waals surface area contributed by atoms with Gasteiger partial charge in [0.1, 0.15) is 11.9 Å². The van der Waals surface area contributed by atoms with Crippen LogP contribution in [-0.2, 0) is 22.4 Å². The molecule has 1 aliphatic rings. The summed E-state index contributed by atoms with van der Waals surface area (Å²) in [6, 6.07) is 2.99. The molecule has 35 heavy (non-hydrogen) atoms. The Bertz CT molecular complexity index is 826. The molecule has 2 rings (SSSR count). The number of rotatable bonds is 13. The first kappa shape index (κ1) is 28.8. The summed E-state index contributed by atoms with van der Waals surface area (Å²) in [5.74, 6) is 0.00986. The molecule has 2 heterocycles. The van der Waals surface area contributed by atoms with Crippen molar-refractivity contribution in [3.63, 3.8) is 0 Å². The van der Waals surface area contributed by atoms with E-state index in [0.717, 1.165) is 56.7 Å². The molecule has 2 atom stereocenters. The van der Waals surface area contributed by atoms with Gasteiger partial charge in [0.15, 0.2) is 0 Å². The maximum Gasteiger partial charge on any atom is 0.326 e. The highest BCUT2D eigenvalue weighted by molar-refractivity contribution is 5.82. The Labute approximate surface area is 210 Å². The topological polar surface area (TPSA) is 107 Å². The molecule has 0 aromatic carbocycles. The van der Waals surface area contributed by atoms with Gasteiger partial charge in [-0.15, -0.1) is 0 Å². The van der Waals surface area contributed by atoms with Crippen LogP contribution in [0.25, 0.3) is 0 Å². The minimum Gasteiger partial charge on any atom is -0.480 e. The number of nitrogens with one attached hydrogen (secondary N) is 2. The monoisotopic (exact) mass is 491 g/mol. The zero-order valence-electron chi connectivity index (χ0n) is 22.4. The van der Waals surface area contributed by atoms with Crippen molar-refractivity contribution >= 4 is 17.8 Å². The lowest BCUT2D eigenvalue weighted by Gasteiger charge is -2.33. The Hall–Kier alpha value is -2.39. The number of aromatic nitrogens is 1. The molecule has 0 saturated heterocycles. The largest absolute Gasteiger partial charge is 0.480 e. The molecule has 198 valence electrons. The summed E-state index contributed by atoms with van der Waals surface area (Å²) in [6.45, 7) is 10.8. The number of amides is 2. The van der Waals surface area contributed by atoms with Crippen LogP contribution in [0.4, 0.5) is 10.6 Å². The molecular weight excluding hydrogens is 446 g/mol. The quantitative estimate of drug-likeness (QED) is 0.363. The van der Waals surface area contributed by atoms with Crippen LogP contribution in [0.15, 0.2) is 12.1 Å².